The summed E-state index contributed by atoms with van der Waals surface area (Å²) in [7, 11) is 0. The van der Waals surface area contributed by atoms with E-state index in [0.29, 0.717) is 57.2 Å². The van der Waals surface area contributed by atoms with Crippen LogP contribution in [0.25, 0.3) is 0 Å². The first-order valence-electron chi connectivity index (χ1n) is 13.8. The van der Waals surface area contributed by atoms with Crippen LogP contribution in [0, 0.1) is 5.82 Å². The number of hydrogen-bond acceptors (Lipinski definition) is 7. The van der Waals surface area contributed by atoms with Crippen molar-refractivity contribution in [3.63, 3.8) is 0 Å². The second-order valence-corrected chi connectivity index (χ2v) is 9.94. The number of rotatable bonds is 15. The summed E-state index contributed by atoms with van der Waals surface area (Å²) in [5.74, 6) is -0.508. The van der Waals surface area contributed by atoms with Gasteiger partial charge in [0.05, 0.1) is 43.7 Å². The number of morpholine rings is 1. The standard InChI is InChI=1S/C27H44FN5O4/c1-2-3-4-5-8-13-32(26(34)24(30)9-6-7-12-29)19-22-20-33(27(35)37-22)21-10-11-25(23(28)18-21)31-14-16-36-17-15-31/h10-11,18,22,24H,2-9,12-17,19-20,29-30H2,1H3/t22-,24-/m0/s1. The lowest BCUT2D eigenvalue weighted by Gasteiger charge is -2.29. The Morgan fingerprint density at radius 1 is 1.16 bits per heavy atom. The average molecular weight is 522 g/mol. The van der Waals surface area contributed by atoms with Gasteiger partial charge in [-0.25, -0.2) is 9.18 Å². The van der Waals surface area contributed by atoms with Crippen LogP contribution in [0.1, 0.15) is 58.3 Å². The van der Waals surface area contributed by atoms with Crippen molar-refractivity contribution in [1.82, 2.24) is 4.90 Å². The van der Waals surface area contributed by atoms with E-state index >= 15 is 0 Å². The lowest BCUT2D eigenvalue weighted by Crippen LogP contribution is -2.47. The molecule has 4 N–H and O–H groups in total. The number of amides is 2. The number of cyclic esters (lactones) is 1. The molecule has 0 bridgehead atoms. The number of unbranched alkanes of at least 4 members (excludes halogenated alkanes) is 5. The lowest BCUT2D eigenvalue weighted by molar-refractivity contribution is -0.134. The van der Waals surface area contributed by atoms with E-state index in [1.807, 2.05) is 4.90 Å². The highest BCUT2D eigenvalue weighted by Gasteiger charge is 2.35. The van der Waals surface area contributed by atoms with E-state index in [0.717, 1.165) is 38.5 Å². The molecule has 2 fully saturated rings. The van der Waals surface area contributed by atoms with E-state index in [1.54, 1.807) is 17.0 Å². The van der Waals surface area contributed by atoms with Crippen LogP contribution in [0.2, 0.25) is 0 Å². The van der Waals surface area contributed by atoms with Gasteiger partial charge in [0.2, 0.25) is 5.91 Å². The number of nitrogens with zero attached hydrogens (tertiary/aromatic N) is 3. The SMILES string of the molecule is CCCCCCCN(C[C@H]1CN(c2ccc(N3CCOCC3)c(F)c2)C(=O)O1)C(=O)[C@@H](N)CCCCN. The van der Waals surface area contributed by atoms with Crippen molar-refractivity contribution in [2.75, 3.05) is 62.3 Å². The number of carbonyl (C=O) groups excluding carboxylic acids is 2. The molecule has 0 radical (unpaired) electrons. The van der Waals surface area contributed by atoms with Gasteiger partial charge < -0.3 is 30.7 Å². The zero-order valence-corrected chi connectivity index (χ0v) is 22.2. The summed E-state index contributed by atoms with van der Waals surface area (Å²) in [4.78, 5) is 31.0. The van der Waals surface area contributed by atoms with Gasteiger partial charge in [-0.2, -0.15) is 0 Å². The summed E-state index contributed by atoms with van der Waals surface area (Å²) in [6.45, 7) is 6.20. The van der Waals surface area contributed by atoms with Crippen LogP contribution in [0.5, 0.6) is 0 Å². The van der Waals surface area contributed by atoms with Gasteiger partial charge in [0.25, 0.3) is 0 Å². The van der Waals surface area contributed by atoms with Gasteiger partial charge in [0, 0.05) is 19.6 Å². The van der Waals surface area contributed by atoms with E-state index in [9.17, 15) is 14.0 Å². The molecule has 1 aromatic carbocycles. The number of ether oxygens (including phenoxy) is 2. The summed E-state index contributed by atoms with van der Waals surface area (Å²) in [5, 5.41) is 0. The van der Waals surface area contributed by atoms with Gasteiger partial charge in [-0.1, -0.05) is 39.0 Å². The minimum atomic E-state index is -0.600. The number of nitrogens with two attached hydrogens (primary N) is 2. The predicted octanol–water partition coefficient (Wildman–Crippen LogP) is 3.24. The normalized spacial score (nSPS) is 18.7. The van der Waals surface area contributed by atoms with E-state index in [1.165, 1.54) is 17.4 Å². The van der Waals surface area contributed by atoms with Crippen molar-refractivity contribution in [3.8, 4) is 0 Å². The summed E-state index contributed by atoms with van der Waals surface area (Å²) >= 11 is 0. The van der Waals surface area contributed by atoms with Gasteiger partial charge in [-0.3, -0.25) is 9.69 Å². The molecule has 3 rings (SSSR count). The van der Waals surface area contributed by atoms with Crippen molar-refractivity contribution in [2.45, 2.75) is 70.4 Å². The molecule has 0 aromatic heterocycles. The summed E-state index contributed by atoms with van der Waals surface area (Å²) in [5.41, 5.74) is 12.7. The zero-order chi connectivity index (χ0) is 26.6. The third kappa shape index (κ3) is 8.55. The van der Waals surface area contributed by atoms with Crippen LogP contribution in [0.4, 0.5) is 20.6 Å². The molecular formula is C27H44FN5O4. The second-order valence-electron chi connectivity index (χ2n) is 9.94. The molecule has 0 spiro atoms. The lowest BCUT2D eigenvalue weighted by atomic mass is 10.1. The Hall–Kier alpha value is -2.43. The Balaban J connectivity index is 1.62. The first kappa shape index (κ1) is 29.1. The highest BCUT2D eigenvalue weighted by Crippen LogP contribution is 2.28. The largest absolute Gasteiger partial charge is 0.442 e. The number of carbonyl (C=O) groups is 2. The Labute approximate surface area is 220 Å². The summed E-state index contributed by atoms with van der Waals surface area (Å²) in [6.07, 6.45) is 6.51. The molecule has 9 nitrogen and oxygen atoms in total. The molecule has 0 aliphatic carbocycles. The van der Waals surface area contributed by atoms with Crippen LogP contribution in [-0.2, 0) is 14.3 Å². The molecule has 2 aliphatic heterocycles. The van der Waals surface area contributed by atoms with Crippen molar-refractivity contribution >= 4 is 23.4 Å². The Bertz CT molecular complexity index is 867. The smallest absolute Gasteiger partial charge is 0.414 e. The first-order valence-corrected chi connectivity index (χ1v) is 13.8. The molecule has 2 aliphatic rings. The quantitative estimate of drug-likeness (QED) is 0.341. The van der Waals surface area contributed by atoms with Crippen LogP contribution < -0.4 is 21.3 Å². The van der Waals surface area contributed by atoms with Gasteiger partial charge in [0.15, 0.2) is 0 Å². The van der Waals surface area contributed by atoms with Crippen LogP contribution in [-0.4, -0.2) is 81.5 Å². The third-order valence-corrected chi connectivity index (χ3v) is 7.02. The van der Waals surface area contributed by atoms with Crippen molar-refractivity contribution in [3.05, 3.63) is 24.0 Å². The summed E-state index contributed by atoms with van der Waals surface area (Å²) < 4.78 is 25.9. The average Bonchev–Trinajstić information content (AvgIpc) is 3.27. The fraction of sp³-hybridized carbons (Fsp3) is 0.704. The fourth-order valence-electron chi connectivity index (χ4n) is 4.86. The second kappa shape index (κ2) is 15.1. The Morgan fingerprint density at radius 3 is 2.62 bits per heavy atom. The van der Waals surface area contributed by atoms with E-state index in [4.69, 9.17) is 20.9 Å². The highest BCUT2D eigenvalue weighted by atomic mass is 19.1. The maximum atomic E-state index is 14.9. The van der Waals surface area contributed by atoms with Crippen LogP contribution in [0.15, 0.2) is 18.2 Å². The molecule has 2 heterocycles. The number of anilines is 2. The molecule has 0 unspecified atom stereocenters. The van der Waals surface area contributed by atoms with Gasteiger partial charge in [-0.15, -0.1) is 0 Å². The van der Waals surface area contributed by atoms with Crippen LogP contribution in [0.3, 0.4) is 0 Å². The molecule has 0 saturated carbocycles. The van der Waals surface area contributed by atoms with Crippen molar-refractivity contribution < 1.29 is 23.5 Å². The molecule has 2 atom stereocenters. The molecule has 2 amide bonds. The predicted molar refractivity (Wildman–Crippen MR) is 143 cm³/mol. The Kier molecular flexibility index (Phi) is 11.9. The van der Waals surface area contributed by atoms with Crippen molar-refractivity contribution in [1.29, 1.82) is 0 Å². The molecule has 37 heavy (non-hydrogen) atoms. The Morgan fingerprint density at radius 2 is 1.92 bits per heavy atom. The van der Waals surface area contributed by atoms with E-state index in [2.05, 4.69) is 6.92 Å². The van der Waals surface area contributed by atoms with Crippen LogP contribution >= 0.6 is 0 Å². The molecule has 2 saturated heterocycles. The number of benzene rings is 1. The molecule has 208 valence electrons. The zero-order valence-electron chi connectivity index (χ0n) is 22.2. The van der Waals surface area contributed by atoms with E-state index < -0.39 is 18.2 Å². The monoisotopic (exact) mass is 521 g/mol. The fourth-order valence-corrected chi connectivity index (χ4v) is 4.86. The minimum Gasteiger partial charge on any atom is -0.442 e. The maximum absolute atomic E-state index is 14.9. The van der Waals surface area contributed by atoms with Crippen molar-refractivity contribution in [2.24, 2.45) is 11.5 Å². The van der Waals surface area contributed by atoms with Gasteiger partial charge >= 0.3 is 6.09 Å². The topological polar surface area (TPSA) is 114 Å². The number of halogens is 1. The molecule has 10 heteroatoms. The highest BCUT2D eigenvalue weighted by molar-refractivity contribution is 5.90. The molecular weight excluding hydrogens is 477 g/mol. The minimum absolute atomic E-state index is 0.122. The number of hydrogen-bond donors (Lipinski definition) is 2. The third-order valence-electron chi connectivity index (χ3n) is 7.02. The molecule has 1 aromatic rings. The van der Waals surface area contributed by atoms with Gasteiger partial charge in [0.1, 0.15) is 11.9 Å². The maximum Gasteiger partial charge on any atom is 0.414 e. The van der Waals surface area contributed by atoms with Gasteiger partial charge in [-0.05, 0) is 44.0 Å². The summed E-state index contributed by atoms with van der Waals surface area (Å²) in [6, 6.07) is 4.21. The van der Waals surface area contributed by atoms with E-state index in [-0.39, 0.29) is 24.8 Å². The first-order chi connectivity index (χ1) is 17.9.